The maximum Gasteiger partial charge on any atom is 0.252 e. The van der Waals surface area contributed by atoms with Gasteiger partial charge in [-0.15, -0.1) is 0 Å². The standard InChI is InChI=1S/C102H70B2N6/c1-9-29-71(30-10-1)75-49-57-83(58-50-75)105(84-59-51-76(52-60-84)72-31-11-2-12-32-72)87-65-97-101-99(67-87)109(81-41-21-7-22-42-81)95-70-96-92(69-91(95)103(101)89-45-25-27-47-93(89)107(97)79-37-17-5-18-38-79)104-90-46-26-28-48-94(90)108(80-39-19-6-20-40-80)98-66-88(68-100(102(98)104)110(96)82-43-23-8-24-44-82)106(85-61-53-77(54-62-85)73-33-13-3-14-34-73)86-63-55-78(56-64-86)74-35-15-4-16-36-74/h1-70H. The smallest absolute Gasteiger partial charge is 0.252 e. The first-order valence-electron chi connectivity index (χ1n) is 37.9. The molecule has 0 unspecified atom stereocenters. The Hall–Kier alpha value is -14.3. The molecular weight excluding hydrogens is 1330 g/mol. The van der Waals surface area contributed by atoms with Crippen molar-refractivity contribution >= 4 is 149 Å². The molecule has 17 aromatic rings. The van der Waals surface area contributed by atoms with E-state index in [0.717, 1.165) is 125 Å². The minimum Gasteiger partial charge on any atom is -0.311 e. The van der Waals surface area contributed by atoms with Gasteiger partial charge in [0.2, 0.25) is 0 Å². The maximum absolute atomic E-state index is 2.64. The van der Waals surface area contributed by atoms with E-state index >= 15 is 0 Å². The predicted molar refractivity (Wildman–Crippen MR) is 466 cm³/mol. The second-order valence-electron chi connectivity index (χ2n) is 28.8. The van der Waals surface area contributed by atoms with Crippen molar-refractivity contribution in [2.45, 2.75) is 0 Å². The number of nitrogens with zero attached hydrogens (tertiary/aromatic N) is 6. The number of hydrogen-bond acceptors (Lipinski definition) is 6. The third-order valence-corrected chi connectivity index (χ3v) is 22.5. The second-order valence-corrected chi connectivity index (χ2v) is 28.8. The summed E-state index contributed by atoms with van der Waals surface area (Å²) < 4.78 is 0. The Kier molecular flexibility index (Phi) is 15.7. The van der Waals surface area contributed by atoms with Crippen LogP contribution in [-0.4, -0.2) is 13.4 Å². The highest BCUT2D eigenvalue weighted by Gasteiger charge is 2.49. The molecule has 0 radical (unpaired) electrons. The topological polar surface area (TPSA) is 19.4 Å². The summed E-state index contributed by atoms with van der Waals surface area (Å²) in [5.74, 6) is 0. The molecule has 21 rings (SSSR count). The van der Waals surface area contributed by atoms with E-state index < -0.39 is 0 Å². The minimum absolute atomic E-state index is 0.211. The lowest BCUT2D eigenvalue weighted by Gasteiger charge is -2.47. The third-order valence-electron chi connectivity index (χ3n) is 22.5. The quantitative estimate of drug-likeness (QED) is 0.100. The van der Waals surface area contributed by atoms with Crippen LogP contribution in [0.5, 0.6) is 0 Å². The van der Waals surface area contributed by atoms with Crippen LogP contribution in [0.15, 0.2) is 425 Å². The molecule has 4 heterocycles. The lowest BCUT2D eigenvalue weighted by molar-refractivity contribution is 1.21. The Morgan fingerprint density at radius 1 is 0.155 bits per heavy atom. The lowest BCUT2D eigenvalue weighted by Crippen LogP contribution is -2.65. The zero-order valence-electron chi connectivity index (χ0n) is 60.3. The van der Waals surface area contributed by atoms with Crippen LogP contribution in [0.25, 0.3) is 44.5 Å². The van der Waals surface area contributed by atoms with E-state index in [1.54, 1.807) is 0 Å². The fourth-order valence-corrected chi connectivity index (χ4v) is 17.7. The molecule has 6 nitrogen and oxygen atoms in total. The van der Waals surface area contributed by atoms with Gasteiger partial charge in [-0.3, -0.25) is 0 Å². The van der Waals surface area contributed by atoms with Crippen molar-refractivity contribution in [3.8, 4) is 44.5 Å². The molecule has 514 valence electrons. The highest BCUT2D eigenvalue weighted by atomic mass is 15.2. The summed E-state index contributed by atoms with van der Waals surface area (Å²) in [5.41, 5.74) is 36.2. The van der Waals surface area contributed by atoms with Crippen molar-refractivity contribution in [2.75, 3.05) is 29.4 Å². The van der Waals surface area contributed by atoms with Gasteiger partial charge in [0.1, 0.15) is 0 Å². The molecule has 0 aliphatic carbocycles. The van der Waals surface area contributed by atoms with Crippen LogP contribution in [0.3, 0.4) is 0 Å². The highest BCUT2D eigenvalue weighted by Crippen LogP contribution is 2.53. The Morgan fingerprint density at radius 2 is 0.373 bits per heavy atom. The summed E-state index contributed by atoms with van der Waals surface area (Å²) in [5, 5.41) is 0. The summed E-state index contributed by atoms with van der Waals surface area (Å²) in [4.78, 5) is 15.2. The Morgan fingerprint density at radius 3 is 0.636 bits per heavy atom. The van der Waals surface area contributed by atoms with E-state index in [2.05, 4.69) is 454 Å². The number of para-hydroxylation sites is 6. The normalized spacial score (nSPS) is 12.6. The maximum atomic E-state index is 2.64. The number of fused-ring (bicyclic) bond motifs is 8. The SMILES string of the molecule is c1ccc(-c2ccc(N(c3ccc(-c4ccccc4)cc3)c3cc4c5c(c3)N(c3ccccc3)c3cc6c(cc3B5c3ccccc3N4c3ccccc3)B3c4ccccc4N(c4ccccc4)c4cc(N(c5ccc(-c7ccccc7)cc5)c5ccc(-c7ccccc7)cc5)cc(c43)N6c3ccccc3)cc2)cc1. The molecule has 110 heavy (non-hydrogen) atoms. The molecule has 0 N–H and O–H groups in total. The molecule has 4 aliphatic rings. The monoisotopic (exact) mass is 1400 g/mol. The summed E-state index contributed by atoms with van der Waals surface area (Å²) in [6.45, 7) is -0.421. The van der Waals surface area contributed by atoms with Gasteiger partial charge in [-0.25, -0.2) is 0 Å². The fraction of sp³-hybridized carbons (Fsp3) is 0. The van der Waals surface area contributed by atoms with Gasteiger partial charge in [0.25, 0.3) is 13.4 Å². The number of rotatable bonds is 14. The van der Waals surface area contributed by atoms with Gasteiger partial charge in [0, 0.05) is 91.0 Å². The van der Waals surface area contributed by atoms with Crippen molar-refractivity contribution < 1.29 is 0 Å². The summed E-state index contributed by atoms with van der Waals surface area (Å²) in [6, 6.07) is 157. The molecule has 17 aromatic carbocycles. The summed E-state index contributed by atoms with van der Waals surface area (Å²) in [7, 11) is 0. The summed E-state index contributed by atoms with van der Waals surface area (Å²) >= 11 is 0. The molecule has 0 spiro atoms. The number of hydrogen-bond donors (Lipinski definition) is 0. The molecule has 0 aromatic heterocycles. The Balaban J connectivity index is 0.834. The molecule has 0 fully saturated rings. The van der Waals surface area contributed by atoms with E-state index in [1.807, 2.05) is 0 Å². The van der Waals surface area contributed by atoms with Gasteiger partial charge >= 0.3 is 0 Å². The van der Waals surface area contributed by atoms with Gasteiger partial charge in [-0.1, -0.05) is 285 Å². The number of anilines is 18. The molecule has 8 heteroatoms. The van der Waals surface area contributed by atoms with Crippen LogP contribution in [0.1, 0.15) is 0 Å². The van der Waals surface area contributed by atoms with Crippen LogP contribution in [-0.2, 0) is 0 Å². The van der Waals surface area contributed by atoms with Crippen LogP contribution >= 0.6 is 0 Å². The molecule has 0 amide bonds. The first-order chi connectivity index (χ1) is 54.6. The number of benzene rings is 17. The third kappa shape index (κ3) is 10.9. The minimum atomic E-state index is -0.211. The van der Waals surface area contributed by atoms with Crippen molar-refractivity contribution in [3.05, 3.63) is 425 Å². The van der Waals surface area contributed by atoms with E-state index in [0.29, 0.717) is 0 Å². The average Bonchev–Trinajstić information content (AvgIpc) is 0.682. The molecule has 0 bridgehead atoms. The average molecular weight is 1400 g/mol. The zero-order chi connectivity index (χ0) is 72.6. The predicted octanol–water partition coefficient (Wildman–Crippen LogP) is 23.5. The van der Waals surface area contributed by atoms with Gasteiger partial charge in [-0.05, 0) is 217 Å². The van der Waals surface area contributed by atoms with Gasteiger partial charge in [-0.2, -0.15) is 0 Å². The molecule has 0 saturated carbocycles. The molecule has 4 aliphatic heterocycles. The van der Waals surface area contributed by atoms with Crippen molar-refractivity contribution in [2.24, 2.45) is 0 Å². The van der Waals surface area contributed by atoms with Crippen molar-refractivity contribution in [1.29, 1.82) is 0 Å². The Bertz CT molecular complexity index is 5710. The molecule has 0 atom stereocenters. The highest BCUT2D eigenvalue weighted by molar-refractivity contribution is 7.03. The first-order valence-corrected chi connectivity index (χ1v) is 37.9. The van der Waals surface area contributed by atoms with Gasteiger partial charge < -0.3 is 29.4 Å². The van der Waals surface area contributed by atoms with Gasteiger partial charge in [0.05, 0.1) is 11.4 Å². The molecule has 0 saturated heterocycles. The fourth-order valence-electron chi connectivity index (χ4n) is 17.7. The van der Waals surface area contributed by atoms with Crippen LogP contribution in [0, 0.1) is 0 Å². The van der Waals surface area contributed by atoms with E-state index in [4.69, 9.17) is 0 Å². The van der Waals surface area contributed by atoms with Crippen LogP contribution in [0.2, 0.25) is 0 Å². The van der Waals surface area contributed by atoms with E-state index in [9.17, 15) is 0 Å². The van der Waals surface area contributed by atoms with E-state index in [1.165, 1.54) is 55.0 Å². The van der Waals surface area contributed by atoms with Crippen molar-refractivity contribution in [3.63, 3.8) is 0 Å². The first kappa shape index (κ1) is 64.1. The second kappa shape index (κ2) is 26.9. The Labute approximate surface area is 643 Å². The summed E-state index contributed by atoms with van der Waals surface area (Å²) in [6.07, 6.45) is 0. The van der Waals surface area contributed by atoms with Crippen molar-refractivity contribution in [1.82, 2.24) is 0 Å². The zero-order valence-corrected chi connectivity index (χ0v) is 60.3. The van der Waals surface area contributed by atoms with E-state index in [-0.39, 0.29) is 13.4 Å². The van der Waals surface area contributed by atoms with Gasteiger partial charge in [0.15, 0.2) is 0 Å². The molecular formula is C102H70B2N6. The largest absolute Gasteiger partial charge is 0.311 e. The van der Waals surface area contributed by atoms with Crippen LogP contribution < -0.4 is 62.2 Å². The van der Waals surface area contributed by atoms with Crippen LogP contribution in [0.4, 0.5) is 102 Å². The lowest BCUT2D eigenvalue weighted by atomic mass is 9.30.